The third-order valence-electron chi connectivity index (χ3n) is 5.02. The Labute approximate surface area is 198 Å². The molecule has 4 rings (SSSR count). The molecule has 0 aliphatic heterocycles. The smallest absolute Gasteiger partial charge is 0.325 e. The summed E-state index contributed by atoms with van der Waals surface area (Å²) in [6.07, 6.45) is -1.15. The minimum absolute atomic E-state index is 0.0729. The number of nitrogens with one attached hydrogen (secondary N) is 1. The monoisotopic (exact) mass is 483 g/mol. The second-order valence-electron chi connectivity index (χ2n) is 7.50. The number of thioether (sulfide) groups is 1. The maximum absolute atomic E-state index is 13.0. The van der Waals surface area contributed by atoms with Gasteiger partial charge in [0.05, 0.1) is 16.5 Å². The summed E-state index contributed by atoms with van der Waals surface area (Å²) in [5, 5.41) is 11.0. The molecule has 1 atom stereocenters. The van der Waals surface area contributed by atoms with Crippen LogP contribution in [0.1, 0.15) is 18.1 Å². The molecule has 0 saturated heterocycles. The summed E-state index contributed by atoms with van der Waals surface area (Å²) < 4.78 is 40.8. The Balaban J connectivity index is 1.62. The molecule has 10 heteroatoms. The van der Waals surface area contributed by atoms with Gasteiger partial charge in [0, 0.05) is 23.6 Å². The number of benzene rings is 2. The molecule has 174 valence electrons. The molecule has 0 fully saturated rings. The van der Waals surface area contributed by atoms with Crippen molar-refractivity contribution in [3.05, 3.63) is 84.2 Å². The molecule has 1 amide bonds. The average Bonchev–Trinajstić information content (AvgIpc) is 3.22. The van der Waals surface area contributed by atoms with Gasteiger partial charge in [-0.3, -0.25) is 14.3 Å². The van der Waals surface area contributed by atoms with Crippen LogP contribution in [-0.4, -0.2) is 30.9 Å². The Bertz CT molecular complexity index is 1310. The molecule has 2 aromatic carbocycles. The van der Waals surface area contributed by atoms with Crippen LogP contribution in [0, 0.1) is 6.92 Å². The van der Waals surface area contributed by atoms with Crippen LogP contribution in [0.4, 0.5) is 18.9 Å². The van der Waals surface area contributed by atoms with E-state index < -0.39 is 22.9 Å². The van der Waals surface area contributed by atoms with Crippen molar-refractivity contribution < 1.29 is 18.0 Å². The molecule has 4 aromatic rings. The van der Waals surface area contributed by atoms with Gasteiger partial charge in [-0.05, 0) is 55.8 Å². The number of anilines is 1. The Hall–Kier alpha value is -3.66. The van der Waals surface area contributed by atoms with E-state index in [2.05, 4.69) is 20.5 Å². The van der Waals surface area contributed by atoms with Crippen molar-refractivity contribution in [2.75, 3.05) is 5.32 Å². The molecule has 6 nitrogen and oxygen atoms in total. The molecule has 0 aliphatic rings. The minimum Gasteiger partial charge on any atom is -0.325 e. The van der Waals surface area contributed by atoms with Crippen LogP contribution < -0.4 is 5.32 Å². The lowest BCUT2D eigenvalue weighted by Gasteiger charge is -2.16. The van der Waals surface area contributed by atoms with Crippen molar-refractivity contribution in [2.45, 2.75) is 30.4 Å². The van der Waals surface area contributed by atoms with Crippen molar-refractivity contribution in [1.29, 1.82) is 0 Å². The molecule has 1 N–H and O–H groups in total. The maximum Gasteiger partial charge on any atom is 0.416 e. The number of alkyl halides is 3. The van der Waals surface area contributed by atoms with Crippen molar-refractivity contribution in [3.63, 3.8) is 0 Å². The van der Waals surface area contributed by atoms with Crippen LogP contribution in [0.2, 0.25) is 0 Å². The van der Waals surface area contributed by atoms with E-state index in [0.29, 0.717) is 11.0 Å². The molecular weight excluding hydrogens is 463 g/mol. The zero-order valence-corrected chi connectivity index (χ0v) is 19.1. The number of nitrogens with zero attached hydrogens (tertiary/aromatic N) is 4. The fraction of sp³-hybridized carbons (Fsp3) is 0.167. The molecule has 2 aromatic heterocycles. The summed E-state index contributed by atoms with van der Waals surface area (Å²) in [5.41, 5.74) is 1.83. The molecule has 1 unspecified atom stereocenters. The number of carbonyl (C=O) groups excluding carboxylic acids is 1. The van der Waals surface area contributed by atoms with Gasteiger partial charge >= 0.3 is 6.18 Å². The molecule has 0 radical (unpaired) electrons. The average molecular weight is 484 g/mol. The van der Waals surface area contributed by atoms with Gasteiger partial charge in [0.25, 0.3) is 0 Å². The third kappa shape index (κ3) is 5.12. The highest BCUT2D eigenvalue weighted by molar-refractivity contribution is 8.00. The number of carbonyl (C=O) groups is 1. The van der Waals surface area contributed by atoms with Gasteiger partial charge in [0.15, 0.2) is 11.0 Å². The van der Waals surface area contributed by atoms with Gasteiger partial charge in [-0.15, -0.1) is 10.2 Å². The standard InChI is InChI=1S/C24H20F3N5OS/c1-15-7-3-4-11-20(15)32-21(17-8-6-12-28-14-17)30-31-23(32)34-16(2)22(33)29-19-10-5-9-18(13-19)24(25,26)27/h3-14,16H,1-2H3,(H,29,33). The van der Waals surface area contributed by atoms with Crippen LogP contribution in [0.5, 0.6) is 0 Å². The third-order valence-corrected chi connectivity index (χ3v) is 6.06. The molecule has 2 heterocycles. The second-order valence-corrected chi connectivity index (χ2v) is 8.81. The van der Waals surface area contributed by atoms with E-state index in [1.165, 1.54) is 12.1 Å². The Morgan fingerprint density at radius 2 is 1.85 bits per heavy atom. The van der Waals surface area contributed by atoms with Crippen LogP contribution in [-0.2, 0) is 11.0 Å². The Morgan fingerprint density at radius 3 is 2.56 bits per heavy atom. The summed E-state index contributed by atoms with van der Waals surface area (Å²) >= 11 is 1.16. The highest BCUT2D eigenvalue weighted by atomic mass is 32.2. The van der Waals surface area contributed by atoms with Crippen LogP contribution >= 0.6 is 11.8 Å². The van der Waals surface area contributed by atoms with E-state index in [4.69, 9.17) is 0 Å². The molecule has 0 aliphatic carbocycles. The Kier molecular flexibility index (Phi) is 6.69. The van der Waals surface area contributed by atoms with E-state index >= 15 is 0 Å². The predicted molar refractivity (Wildman–Crippen MR) is 125 cm³/mol. The molecule has 0 bridgehead atoms. The maximum atomic E-state index is 13.0. The fourth-order valence-electron chi connectivity index (χ4n) is 3.29. The first-order chi connectivity index (χ1) is 16.2. The summed E-state index contributed by atoms with van der Waals surface area (Å²) in [7, 11) is 0. The number of para-hydroxylation sites is 1. The summed E-state index contributed by atoms with van der Waals surface area (Å²) in [6.45, 7) is 3.62. The molecule has 0 saturated carbocycles. The lowest BCUT2D eigenvalue weighted by molar-refractivity contribution is -0.137. The van der Waals surface area contributed by atoms with Gasteiger partial charge in [-0.25, -0.2) is 0 Å². The number of amides is 1. The summed E-state index contributed by atoms with van der Waals surface area (Å²) in [6, 6.07) is 15.9. The zero-order valence-electron chi connectivity index (χ0n) is 18.2. The summed E-state index contributed by atoms with van der Waals surface area (Å²) in [4.78, 5) is 16.9. The normalized spacial score (nSPS) is 12.4. The number of halogens is 3. The molecular formula is C24H20F3N5OS. The largest absolute Gasteiger partial charge is 0.416 e. The van der Waals surface area contributed by atoms with Crippen LogP contribution in [0.25, 0.3) is 17.1 Å². The molecule has 0 spiro atoms. The Morgan fingerprint density at radius 1 is 1.06 bits per heavy atom. The van der Waals surface area contributed by atoms with Gasteiger partial charge in [0.2, 0.25) is 5.91 Å². The zero-order chi connectivity index (χ0) is 24.3. The SMILES string of the molecule is Cc1ccccc1-n1c(SC(C)C(=O)Nc2cccc(C(F)(F)F)c2)nnc1-c1cccnc1. The van der Waals surface area contributed by atoms with Crippen LogP contribution in [0.15, 0.2) is 78.2 Å². The highest BCUT2D eigenvalue weighted by Gasteiger charge is 2.30. The predicted octanol–water partition coefficient (Wildman–Crippen LogP) is 5.78. The first-order valence-corrected chi connectivity index (χ1v) is 11.2. The summed E-state index contributed by atoms with van der Waals surface area (Å²) in [5.74, 6) is 0.113. The minimum atomic E-state index is -4.49. The number of rotatable bonds is 6. The number of hydrogen-bond acceptors (Lipinski definition) is 5. The lowest BCUT2D eigenvalue weighted by Crippen LogP contribution is -2.23. The van der Waals surface area contributed by atoms with Gasteiger partial charge in [0.1, 0.15) is 0 Å². The number of aromatic nitrogens is 4. The van der Waals surface area contributed by atoms with E-state index in [0.717, 1.165) is 40.7 Å². The number of hydrogen-bond donors (Lipinski definition) is 1. The van der Waals surface area contributed by atoms with Crippen molar-refractivity contribution in [2.24, 2.45) is 0 Å². The number of pyridine rings is 1. The molecule has 34 heavy (non-hydrogen) atoms. The number of aryl methyl sites for hydroxylation is 1. The second kappa shape index (κ2) is 9.68. The van der Waals surface area contributed by atoms with Gasteiger partial charge in [-0.1, -0.05) is 36.0 Å². The van der Waals surface area contributed by atoms with E-state index in [1.54, 1.807) is 25.4 Å². The lowest BCUT2D eigenvalue weighted by atomic mass is 10.2. The van der Waals surface area contributed by atoms with Gasteiger partial charge < -0.3 is 5.32 Å². The van der Waals surface area contributed by atoms with Crippen molar-refractivity contribution >= 4 is 23.4 Å². The first-order valence-electron chi connectivity index (χ1n) is 10.3. The topological polar surface area (TPSA) is 72.7 Å². The van der Waals surface area contributed by atoms with Crippen molar-refractivity contribution in [3.8, 4) is 17.1 Å². The quantitative estimate of drug-likeness (QED) is 0.352. The van der Waals surface area contributed by atoms with Gasteiger partial charge in [-0.2, -0.15) is 13.2 Å². The van der Waals surface area contributed by atoms with Crippen molar-refractivity contribution in [1.82, 2.24) is 19.7 Å². The fourth-order valence-corrected chi connectivity index (χ4v) is 4.15. The first kappa shape index (κ1) is 23.5. The van der Waals surface area contributed by atoms with E-state index in [9.17, 15) is 18.0 Å². The van der Waals surface area contributed by atoms with E-state index in [1.807, 2.05) is 41.8 Å². The highest BCUT2D eigenvalue weighted by Crippen LogP contribution is 2.33. The van der Waals surface area contributed by atoms with Crippen LogP contribution in [0.3, 0.4) is 0 Å². The van der Waals surface area contributed by atoms with E-state index in [-0.39, 0.29) is 5.69 Å².